The average molecular weight is 437 g/mol. The second kappa shape index (κ2) is 11.5. The molecule has 0 bridgehead atoms. The van der Waals surface area contributed by atoms with Crippen LogP contribution in [0.25, 0.3) is 0 Å². The summed E-state index contributed by atoms with van der Waals surface area (Å²) in [5, 5.41) is 2.57. The highest BCUT2D eigenvalue weighted by atomic mass is 19.1. The lowest BCUT2D eigenvalue weighted by atomic mass is 10.1. The first kappa shape index (κ1) is 22.8. The number of benzene rings is 3. The molecule has 0 aliphatic heterocycles. The molecular weight excluding hydrogens is 413 g/mol. The standard InChI is InChI=1S/C25H24FNO5/c1-30-23-13-12-20(14-21(23)26)17-31-24(28)22(15-18-8-4-2-5-9-18)27-25(29)32-16-19-10-6-3-7-11-19/h2-14,22H,15-17H2,1H3,(H,27,29)/t22-/m0/s1. The summed E-state index contributed by atoms with van der Waals surface area (Å²) in [4.78, 5) is 25.0. The number of ether oxygens (including phenoxy) is 3. The van der Waals surface area contributed by atoms with Gasteiger partial charge < -0.3 is 19.5 Å². The van der Waals surface area contributed by atoms with Gasteiger partial charge in [0, 0.05) is 6.42 Å². The van der Waals surface area contributed by atoms with E-state index in [0.29, 0.717) is 5.56 Å². The van der Waals surface area contributed by atoms with Crippen LogP contribution in [0.5, 0.6) is 5.75 Å². The maximum absolute atomic E-state index is 13.9. The quantitative estimate of drug-likeness (QED) is 0.502. The van der Waals surface area contributed by atoms with Crippen LogP contribution in [0.15, 0.2) is 78.9 Å². The van der Waals surface area contributed by atoms with Gasteiger partial charge in [0.15, 0.2) is 11.6 Å². The molecule has 0 saturated heterocycles. The summed E-state index contributed by atoms with van der Waals surface area (Å²) in [5.74, 6) is -1.10. The Kier molecular flexibility index (Phi) is 8.20. The van der Waals surface area contributed by atoms with Gasteiger partial charge in [-0.15, -0.1) is 0 Å². The molecule has 0 aromatic heterocycles. The molecule has 7 heteroatoms. The monoisotopic (exact) mass is 437 g/mol. The summed E-state index contributed by atoms with van der Waals surface area (Å²) in [5.41, 5.74) is 2.13. The molecule has 0 spiro atoms. The molecule has 0 fully saturated rings. The van der Waals surface area contributed by atoms with Crippen molar-refractivity contribution in [1.29, 1.82) is 0 Å². The van der Waals surface area contributed by atoms with E-state index in [-0.39, 0.29) is 25.4 Å². The lowest BCUT2D eigenvalue weighted by molar-refractivity contribution is -0.147. The Hall–Kier alpha value is -3.87. The van der Waals surface area contributed by atoms with Gasteiger partial charge in [-0.2, -0.15) is 0 Å². The summed E-state index contributed by atoms with van der Waals surface area (Å²) in [6, 6.07) is 21.8. The van der Waals surface area contributed by atoms with Crippen LogP contribution in [0.2, 0.25) is 0 Å². The molecule has 3 rings (SSSR count). The van der Waals surface area contributed by atoms with Crippen LogP contribution in [0.1, 0.15) is 16.7 Å². The summed E-state index contributed by atoms with van der Waals surface area (Å²) < 4.78 is 29.3. The van der Waals surface area contributed by atoms with E-state index in [4.69, 9.17) is 14.2 Å². The van der Waals surface area contributed by atoms with Crippen molar-refractivity contribution in [3.63, 3.8) is 0 Å². The summed E-state index contributed by atoms with van der Waals surface area (Å²) in [7, 11) is 1.37. The topological polar surface area (TPSA) is 73.9 Å². The predicted molar refractivity (Wildman–Crippen MR) is 116 cm³/mol. The Balaban J connectivity index is 1.62. The first-order chi connectivity index (χ1) is 15.5. The minimum Gasteiger partial charge on any atom is -0.494 e. The molecule has 6 nitrogen and oxygen atoms in total. The number of hydrogen-bond acceptors (Lipinski definition) is 5. The molecule has 32 heavy (non-hydrogen) atoms. The number of hydrogen-bond donors (Lipinski definition) is 1. The van der Waals surface area contributed by atoms with Crippen molar-refractivity contribution in [2.45, 2.75) is 25.7 Å². The highest BCUT2D eigenvalue weighted by Gasteiger charge is 2.24. The average Bonchev–Trinajstić information content (AvgIpc) is 2.82. The van der Waals surface area contributed by atoms with E-state index >= 15 is 0 Å². The molecule has 0 heterocycles. The van der Waals surface area contributed by atoms with Crippen molar-refractivity contribution in [3.05, 3.63) is 101 Å². The Morgan fingerprint density at radius 1 is 0.844 bits per heavy atom. The predicted octanol–water partition coefficient (Wildman–Crippen LogP) is 4.42. The number of carbonyl (C=O) groups excluding carboxylic acids is 2. The van der Waals surface area contributed by atoms with Crippen LogP contribution in [-0.2, 0) is 33.9 Å². The molecule has 0 aliphatic carbocycles. The van der Waals surface area contributed by atoms with Gasteiger partial charge in [-0.05, 0) is 28.8 Å². The van der Waals surface area contributed by atoms with Gasteiger partial charge in [-0.3, -0.25) is 0 Å². The van der Waals surface area contributed by atoms with Crippen molar-refractivity contribution in [2.24, 2.45) is 0 Å². The molecule has 1 amide bonds. The number of rotatable bonds is 9. The maximum atomic E-state index is 13.9. The third kappa shape index (κ3) is 6.84. The van der Waals surface area contributed by atoms with E-state index in [9.17, 15) is 14.0 Å². The SMILES string of the molecule is COc1ccc(COC(=O)[C@H](Cc2ccccc2)NC(=O)OCc2ccccc2)cc1F. The first-order valence-electron chi connectivity index (χ1n) is 10.1. The van der Waals surface area contributed by atoms with Gasteiger partial charge in [0.05, 0.1) is 7.11 Å². The number of amides is 1. The zero-order valence-electron chi connectivity index (χ0n) is 17.6. The fraction of sp³-hybridized carbons (Fsp3) is 0.200. The molecule has 1 atom stereocenters. The molecule has 0 saturated carbocycles. The first-order valence-corrected chi connectivity index (χ1v) is 10.1. The smallest absolute Gasteiger partial charge is 0.408 e. The Morgan fingerprint density at radius 2 is 1.47 bits per heavy atom. The number of carbonyl (C=O) groups is 2. The number of alkyl carbamates (subject to hydrolysis) is 1. The normalized spacial score (nSPS) is 11.3. The zero-order chi connectivity index (χ0) is 22.8. The lowest BCUT2D eigenvalue weighted by Crippen LogP contribution is -2.43. The zero-order valence-corrected chi connectivity index (χ0v) is 17.6. The highest BCUT2D eigenvalue weighted by Crippen LogP contribution is 2.18. The van der Waals surface area contributed by atoms with Crippen LogP contribution in [-0.4, -0.2) is 25.2 Å². The minimum atomic E-state index is -0.969. The fourth-order valence-electron chi connectivity index (χ4n) is 3.00. The van der Waals surface area contributed by atoms with Crippen LogP contribution in [0.4, 0.5) is 9.18 Å². The van der Waals surface area contributed by atoms with Gasteiger partial charge in [-0.25, -0.2) is 14.0 Å². The third-order valence-corrected chi connectivity index (χ3v) is 4.67. The Bertz CT molecular complexity index is 1030. The summed E-state index contributed by atoms with van der Waals surface area (Å²) in [6.07, 6.45) is -0.515. The fourth-order valence-corrected chi connectivity index (χ4v) is 3.00. The highest BCUT2D eigenvalue weighted by molar-refractivity contribution is 5.81. The van der Waals surface area contributed by atoms with Crippen LogP contribution < -0.4 is 10.1 Å². The Morgan fingerprint density at radius 3 is 2.09 bits per heavy atom. The van der Waals surface area contributed by atoms with Crippen molar-refractivity contribution in [1.82, 2.24) is 5.32 Å². The van der Waals surface area contributed by atoms with Gasteiger partial charge >= 0.3 is 12.1 Å². The lowest BCUT2D eigenvalue weighted by Gasteiger charge is -2.18. The number of esters is 1. The van der Waals surface area contributed by atoms with Crippen molar-refractivity contribution >= 4 is 12.1 Å². The second-order valence-electron chi connectivity index (χ2n) is 7.02. The van der Waals surface area contributed by atoms with Crippen molar-refractivity contribution in [2.75, 3.05) is 7.11 Å². The van der Waals surface area contributed by atoms with E-state index in [0.717, 1.165) is 11.1 Å². The summed E-state index contributed by atoms with van der Waals surface area (Å²) >= 11 is 0. The molecular formula is C25H24FNO5. The van der Waals surface area contributed by atoms with Gasteiger partial charge in [-0.1, -0.05) is 66.7 Å². The van der Waals surface area contributed by atoms with Crippen molar-refractivity contribution < 1.29 is 28.2 Å². The summed E-state index contributed by atoms with van der Waals surface area (Å²) in [6.45, 7) is -0.0727. The van der Waals surface area contributed by atoms with E-state index in [1.807, 2.05) is 60.7 Å². The molecule has 0 radical (unpaired) electrons. The van der Waals surface area contributed by atoms with Crippen LogP contribution in [0.3, 0.4) is 0 Å². The Labute approximate surface area is 185 Å². The largest absolute Gasteiger partial charge is 0.494 e. The van der Waals surface area contributed by atoms with E-state index in [1.165, 1.54) is 19.2 Å². The molecule has 3 aromatic rings. The van der Waals surface area contributed by atoms with Crippen molar-refractivity contribution in [3.8, 4) is 5.75 Å². The second-order valence-corrected chi connectivity index (χ2v) is 7.02. The number of nitrogens with one attached hydrogen (secondary N) is 1. The third-order valence-electron chi connectivity index (χ3n) is 4.67. The van der Waals surface area contributed by atoms with E-state index < -0.39 is 23.9 Å². The molecule has 1 N–H and O–H groups in total. The maximum Gasteiger partial charge on any atom is 0.408 e. The van der Waals surface area contributed by atoms with Crippen LogP contribution >= 0.6 is 0 Å². The number of halogens is 1. The minimum absolute atomic E-state index is 0.0743. The van der Waals surface area contributed by atoms with E-state index in [1.54, 1.807) is 6.07 Å². The molecule has 3 aromatic carbocycles. The van der Waals surface area contributed by atoms with Gasteiger partial charge in [0.2, 0.25) is 0 Å². The van der Waals surface area contributed by atoms with Crippen LogP contribution in [0, 0.1) is 5.82 Å². The molecule has 0 unspecified atom stereocenters. The molecule has 0 aliphatic rings. The molecule has 166 valence electrons. The van der Waals surface area contributed by atoms with E-state index in [2.05, 4.69) is 5.32 Å². The van der Waals surface area contributed by atoms with Gasteiger partial charge in [0.25, 0.3) is 0 Å². The van der Waals surface area contributed by atoms with Gasteiger partial charge in [0.1, 0.15) is 19.3 Å². The number of methoxy groups -OCH3 is 1.